The maximum absolute atomic E-state index is 10.2. The average Bonchev–Trinajstić information content (AvgIpc) is 1.21. The lowest BCUT2D eigenvalue weighted by atomic mass is 10.3. The largest absolute Gasteiger partial charge is 0.269 e. The van der Waals surface area contributed by atoms with Crippen LogP contribution in [0.1, 0.15) is 13.8 Å². The molecule has 5 heteroatoms. The maximum Gasteiger partial charge on any atom is 0.232 e. The Bertz CT molecular complexity index is 152. The highest BCUT2D eigenvalue weighted by atomic mass is 35.7. The van der Waals surface area contributed by atoms with E-state index in [1.165, 1.54) is 0 Å². The zero-order valence-electron chi connectivity index (χ0n) is 5.30. The highest BCUT2D eigenvalue weighted by Crippen LogP contribution is 2.03. The Hall–Kier alpha value is 0.170. The van der Waals surface area contributed by atoms with Crippen LogP contribution in [0.25, 0.3) is 0 Å². The van der Waals surface area contributed by atoms with Gasteiger partial charge in [0.1, 0.15) is 0 Å². The summed E-state index contributed by atoms with van der Waals surface area (Å²) in [5.74, 6) is 0.187. The number of hydrogen-bond donors (Lipinski definition) is 0. The third-order valence-electron chi connectivity index (χ3n) is 0.532. The van der Waals surface area contributed by atoms with Crippen LogP contribution < -0.4 is 0 Å². The molecule has 0 aromatic rings. The molecule has 0 fully saturated rings. The fraction of sp³-hybridized carbons (Fsp3) is 1.00. The Morgan fingerprint density at radius 1 is 1.44 bits per heavy atom. The molecule has 0 aliphatic carbocycles. The first-order valence-corrected chi connectivity index (χ1v) is 4.82. The minimum Gasteiger partial charge on any atom is -0.269 e. The SMILES string of the molecule is CC(C)CS(=O)(=O)Cl.F. The summed E-state index contributed by atoms with van der Waals surface area (Å²) in [5.41, 5.74) is 0. The first-order chi connectivity index (χ1) is 3.42. The van der Waals surface area contributed by atoms with Gasteiger partial charge in [-0.15, -0.1) is 0 Å². The van der Waals surface area contributed by atoms with Crippen molar-refractivity contribution in [1.82, 2.24) is 0 Å². The number of halogens is 2. The molecule has 58 valence electrons. The zero-order chi connectivity index (χ0) is 6.78. The Morgan fingerprint density at radius 2 is 1.78 bits per heavy atom. The lowest BCUT2D eigenvalue weighted by Crippen LogP contribution is -2.03. The summed E-state index contributed by atoms with van der Waals surface area (Å²) in [6.07, 6.45) is 0. The molecule has 9 heavy (non-hydrogen) atoms. The molecule has 0 atom stereocenters. The highest BCUT2D eigenvalue weighted by molar-refractivity contribution is 8.13. The monoisotopic (exact) mass is 176 g/mol. The second kappa shape index (κ2) is 4.06. The van der Waals surface area contributed by atoms with Crippen molar-refractivity contribution >= 4 is 19.7 Å². The second-order valence-electron chi connectivity index (χ2n) is 2.10. The molecule has 0 amide bonds. The first-order valence-electron chi connectivity index (χ1n) is 2.34. The molecular formula is C4H10ClFO2S. The maximum atomic E-state index is 10.2. The van der Waals surface area contributed by atoms with E-state index in [-0.39, 0.29) is 16.4 Å². The predicted molar refractivity (Wildman–Crippen MR) is 37.0 cm³/mol. The third-order valence-corrected chi connectivity index (χ3v) is 1.98. The Balaban J connectivity index is 0. The van der Waals surface area contributed by atoms with Crippen LogP contribution in [0.4, 0.5) is 4.70 Å². The summed E-state index contributed by atoms with van der Waals surface area (Å²) < 4.78 is 20.4. The van der Waals surface area contributed by atoms with Crippen molar-refractivity contribution in [1.29, 1.82) is 0 Å². The molecule has 0 N–H and O–H groups in total. The molecule has 0 rings (SSSR count). The minimum atomic E-state index is -3.25. The molecule has 0 saturated carbocycles. The molecule has 0 unspecified atom stereocenters. The summed E-state index contributed by atoms with van der Waals surface area (Å²) in [6, 6.07) is 0. The molecule has 0 bridgehead atoms. The van der Waals surface area contributed by atoms with Crippen molar-refractivity contribution in [2.24, 2.45) is 5.92 Å². The van der Waals surface area contributed by atoms with E-state index in [4.69, 9.17) is 10.7 Å². The molecular weight excluding hydrogens is 167 g/mol. The van der Waals surface area contributed by atoms with E-state index in [1.807, 2.05) is 0 Å². The Kier molecular flexibility index (Phi) is 5.37. The van der Waals surface area contributed by atoms with E-state index in [1.54, 1.807) is 13.8 Å². The summed E-state index contributed by atoms with van der Waals surface area (Å²) >= 11 is 0. The average molecular weight is 177 g/mol. The van der Waals surface area contributed by atoms with Gasteiger partial charge in [-0.1, -0.05) is 13.8 Å². The van der Waals surface area contributed by atoms with Crippen LogP contribution in [-0.4, -0.2) is 14.2 Å². The van der Waals surface area contributed by atoms with Crippen LogP contribution in [0.3, 0.4) is 0 Å². The standard InChI is InChI=1S/C4H9ClO2S.FH/c1-4(2)3-8(5,6)7;/h4H,3H2,1-2H3;1H. The van der Waals surface area contributed by atoms with Crippen LogP contribution in [-0.2, 0) is 9.05 Å². The summed E-state index contributed by atoms with van der Waals surface area (Å²) in [4.78, 5) is 0. The third kappa shape index (κ3) is 11.6. The van der Waals surface area contributed by atoms with Crippen LogP contribution in [0, 0.1) is 5.92 Å². The van der Waals surface area contributed by atoms with Crippen LogP contribution in [0.5, 0.6) is 0 Å². The van der Waals surface area contributed by atoms with E-state index in [9.17, 15) is 8.42 Å². The summed E-state index contributed by atoms with van der Waals surface area (Å²) in [5, 5.41) is 0. The van der Waals surface area contributed by atoms with E-state index in [2.05, 4.69) is 0 Å². The quantitative estimate of drug-likeness (QED) is 0.596. The van der Waals surface area contributed by atoms with Gasteiger partial charge in [0.05, 0.1) is 5.75 Å². The second-order valence-corrected chi connectivity index (χ2v) is 4.92. The van der Waals surface area contributed by atoms with Crippen molar-refractivity contribution in [3.05, 3.63) is 0 Å². The predicted octanol–water partition coefficient (Wildman–Crippen LogP) is 1.36. The number of hydrogen-bond acceptors (Lipinski definition) is 2. The molecule has 0 heterocycles. The van der Waals surface area contributed by atoms with Gasteiger partial charge >= 0.3 is 0 Å². The first kappa shape index (κ1) is 11.9. The van der Waals surface area contributed by atoms with E-state index in [0.29, 0.717) is 0 Å². The van der Waals surface area contributed by atoms with Gasteiger partial charge in [-0.3, -0.25) is 4.70 Å². The van der Waals surface area contributed by atoms with Gasteiger partial charge in [0.2, 0.25) is 9.05 Å². The van der Waals surface area contributed by atoms with Gasteiger partial charge in [-0.25, -0.2) is 8.42 Å². The minimum absolute atomic E-state index is 0. The topological polar surface area (TPSA) is 34.1 Å². The molecule has 0 saturated heterocycles. The van der Waals surface area contributed by atoms with Crippen molar-refractivity contribution in [3.8, 4) is 0 Å². The molecule has 0 aromatic carbocycles. The zero-order valence-corrected chi connectivity index (χ0v) is 6.87. The van der Waals surface area contributed by atoms with E-state index < -0.39 is 9.05 Å². The van der Waals surface area contributed by atoms with Gasteiger partial charge in [0.15, 0.2) is 0 Å². The molecule has 0 aromatic heterocycles. The smallest absolute Gasteiger partial charge is 0.232 e. The Morgan fingerprint density at radius 3 is 1.78 bits per heavy atom. The van der Waals surface area contributed by atoms with Crippen molar-refractivity contribution in [2.75, 3.05) is 5.75 Å². The Labute approximate surface area is 59.0 Å². The number of rotatable bonds is 2. The normalized spacial score (nSPS) is 11.1. The summed E-state index contributed by atoms with van der Waals surface area (Å²) in [7, 11) is 1.65. The lowest BCUT2D eigenvalue weighted by molar-refractivity contribution is 0.596. The van der Waals surface area contributed by atoms with Gasteiger partial charge in [0.25, 0.3) is 0 Å². The van der Waals surface area contributed by atoms with Gasteiger partial charge in [-0.05, 0) is 5.92 Å². The highest BCUT2D eigenvalue weighted by Gasteiger charge is 2.06. The fourth-order valence-electron chi connectivity index (χ4n) is 0.398. The van der Waals surface area contributed by atoms with Crippen molar-refractivity contribution < 1.29 is 13.1 Å². The molecule has 0 aliphatic rings. The van der Waals surface area contributed by atoms with Gasteiger partial charge < -0.3 is 0 Å². The lowest BCUT2D eigenvalue weighted by Gasteiger charge is -1.96. The van der Waals surface area contributed by atoms with Crippen LogP contribution in [0.15, 0.2) is 0 Å². The van der Waals surface area contributed by atoms with Gasteiger partial charge in [-0.2, -0.15) is 0 Å². The molecule has 0 aliphatic heterocycles. The molecule has 2 nitrogen and oxygen atoms in total. The van der Waals surface area contributed by atoms with Crippen molar-refractivity contribution in [2.45, 2.75) is 13.8 Å². The van der Waals surface area contributed by atoms with Crippen LogP contribution >= 0.6 is 10.7 Å². The van der Waals surface area contributed by atoms with Gasteiger partial charge in [0, 0.05) is 10.7 Å². The van der Waals surface area contributed by atoms with E-state index in [0.717, 1.165) is 0 Å². The van der Waals surface area contributed by atoms with Crippen molar-refractivity contribution in [3.63, 3.8) is 0 Å². The summed E-state index contributed by atoms with van der Waals surface area (Å²) in [6.45, 7) is 3.61. The molecule has 0 spiro atoms. The fourth-order valence-corrected chi connectivity index (χ4v) is 1.95. The van der Waals surface area contributed by atoms with E-state index >= 15 is 0 Å². The molecule has 0 radical (unpaired) electrons. The van der Waals surface area contributed by atoms with Crippen LogP contribution in [0.2, 0.25) is 0 Å².